The highest BCUT2D eigenvalue weighted by Crippen LogP contribution is 2.02. The molecule has 76 valence electrons. The lowest BCUT2D eigenvalue weighted by Gasteiger charge is -2.01. The first kappa shape index (κ1) is 11.2. The van der Waals surface area contributed by atoms with Crippen molar-refractivity contribution in [3.05, 3.63) is 29.8 Å². The largest absolute Gasteiger partial charge is 0.488 e. The van der Waals surface area contributed by atoms with E-state index in [4.69, 9.17) is 10.0 Å². The molecule has 1 rings (SSSR count). The molecule has 0 spiro atoms. The van der Waals surface area contributed by atoms with Crippen molar-refractivity contribution < 1.29 is 18.5 Å². The third kappa shape index (κ3) is 3.49. The zero-order chi connectivity index (χ0) is 10.8. The molecule has 4 nitrogen and oxygen atoms in total. The number of rotatable bonds is 3. The normalized spacial score (nSPS) is 11.4. The second kappa shape index (κ2) is 4.12. The highest BCUT2D eigenvalue weighted by Gasteiger charge is 2.10. The maximum absolute atomic E-state index is 10.9. The number of hydrogen-bond donors (Lipinski definition) is 2. The van der Waals surface area contributed by atoms with E-state index in [1.54, 1.807) is 12.1 Å². The summed E-state index contributed by atoms with van der Waals surface area (Å²) in [5, 5.41) is 17.6. The number of benzene rings is 1. The van der Waals surface area contributed by atoms with E-state index in [-0.39, 0.29) is 5.75 Å². The lowest BCUT2D eigenvalue weighted by atomic mass is 9.80. The fourth-order valence-electron chi connectivity index (χ4n) is 1.09. The molecular weight excluding hydrogens is 203 g/mol. The molecule has 0 aliphatic heterocycles. The quantitative estimate of drug-likeness (QED) is 0.627. The summed E-state index contributed by atoms with van der Waals surface area (Å²) in [5.41, 5.74) is 0.985. The lowest BCUT2D eigenvalue weighted by molar-refractivity contribution is 0.426. The van der Waals surface area contributed by atoms with Gasteiger partial charge in [-0.15, -0.1) is 0 Å². The van der Waals surface area contributed by atoms with Crippen molar-refractivity contribution in [2.24, 2.45) is 0 Å². The van der Waals surface area contributed by atoms with Gasteiger partial charge in [-0.25, -0.2) is 8.42 Å². The van der Waals surface area contributed by atoms with Gasteiger partial charge in [-0.05, 0) is 11.0 Å². The Hall–Kier alpha value is -0.845. The van der Waals surface area contributed by atoms with Crippen molar-refractivity contribution in [2.75, 3.05) is 6.26 Å². The summed E-state index contributed by atoms with van der Waals surface area (Å²) in [6, 6.07) is 6.11. The highest BCUT2D eigenvalue weighted by atomic mass is 32.2. The van der Waals surface area contributed by atoms with E-state index in [9.17, 15) is 8.42 Å². The smallest absolute Gasteiger partial charge is 0.423 e. The molecule has 0 aliphatic carbocycles. The molecule has 0 atom stereocenters. The first-order chi connectivity index (χ1) is 6.38. The maximum atomic E-state index is 10.9. The van der Waals surface area contributed by atoms with Crippen LogP contribution in [0.15, 0.2) is 24.3 Å². The third-order valence-electron chi connectivity index (χ3n) is 1.71. The van der Waals surface area contributed by atoms with Gasteiger partial charge >= 0.3 is 7.12 Å². The van der Waals surface area contributed by atoms with Crippen LogP contribution in [0.4, 0.5) is 0 Å². The molecule has 14 heavy (non-hydrogen) atoms. The molecule has 0 bridgehead atoms. The predicted octanol–water partition coefficient (Wildman–Crippen LogP) is -1.09. The lowest BCUT2D eigenvalue weighted by Crippen LogP contribution is -2.29. The fraction of sp³-hybridized carbons (Fsp3) is 0.250. The Balaban J connectivity index is 2.84. The van der Waals surface area contributed by atoms with Gasteiger partial charge in [-0.1, -0.05) is 24.3 Å². The Morgan fingerprint density at radius 1 is 1.21 bits per heavy atom. The molecule has 1 aromatic carbocycles. The van der Waals surface area contributed by atoms with E-state index in [1.807, 2.05) is 0 Å². The van der Waals surface area contributed by atoms with Crippen LogP contribution in [0.5, 0.6) is 0 Å². The molecule has 0 amide bonds. The Morgan fingerprint density at radius 3 is 2.07 bits per heavy atom. The second-order valence-corrected chi connectivity index (χ2v) is 5.33. The summed E-state index contributed by atoms with van der Waals surface area (Å²) in [5.74, 6) is -0.0329. The van der Waals surface area contributed by atoms with Gasteiger partial charge in [0.05, 0.1) is 5.75 Å². The molecule has 0 aromatic heterocycles. The number of sulfone groups is 1. The Morgan fingerprint density at radius 2 is 1.71 bits per heavy atom. The predicted molar refractivity (Wildman–Crippen MR) is 54.8 cm³/mol. The molecule has 1 aromatic rings. The fourth-order valence-corrected chi connectivity index (χ4v) is 1.89. The monoisotopic (exact) mass is 214 g/mol. The van der Waals surface area contributed by atoms with Crippen molar-refractivity contribution in [1.82, 2.24) is 0 Å². The Bertz CT molecular complexity index is 396. The highest BCUT2D eigenvalue weighted by molar-refractivity contribution is 7.89. The molecule has 0 saturated heterocycles. The standard InChI is InChI=1S/C8H11BO4S/c1-14(12,13)6-7-2-4-8(5-3-7)9(10)11/h2-5,10-11H,6H2,1H3. The topological polar surface area (TPSA) is 74.6 Å². The van der Waals surface area contributed by atoms with Crippen molar-refractivity contribution in [3.63, 3.8) is 0 Å². The van der Waals surface area contributed by atoms with E-state index < -0.39 is 17.0 Å². The van der Waals surface area contributed by atoms with Gasteiger partial charge in [0.15, 0.2) is 9.84 Å². The van der Waals surface area contributed by atoms with Crippen molar-refractivity contribution in [1.29, 1.82) is 0 Å². The van der Waals surface area contributed by atoms with Crippen molar-refractivity contribution in [2.45, 2.75) is 5.75 Å². The van der Waals surface area contributed by atoms with Crippen LogP contribution in [0.1, 0.15) is 5.56 Å². The Kier molecular flexibility index (Phi) is 3.31. The van der Waals surface area contributed by atoms with Crippen LogP contribution in [0, 0.1) is 0 Å². The second-order valence-electron chi connectivity index (χ2n) is 3.19. The van der Waals surface area contributed by atoms with Gasteiger partial charge in [-0.2, -0.15) is 0 Å². The van der Waals surface area contributed by atoms with Crippen LogP contribution in [0.3, 0.4) is 0 Å². The van der Waals surface area contributed by atoms with E-state index in [0.717, 1.165) is 6.26 Å². The van der Waals surface area contributed by atoms with E-state index in [1.165, 1.54) is 12.1 Å². The van der Waals surface area contributed by atoms with E-state index >= 15 is 0 Å². The zero-order valence-corrected chi connectivity index (χ0v) is 8.53. The zero-order valence-electron chi connectivity index (χ0n) is 7.71. The van der Waals surface area contributed by atoms with Crippen LogP contribution < -0.4 is 5.46 Å². The summed E-state index contributed by atoms with van der Waals surface area (Å²) in [6.45, 7) is 0. The Labute approximate surface area is 83.3 Å². The molecule has 0 heterocycles. The van der Waals surface area contributed by atoms with Crippen LogP contribution >= 0.6 is 0 Å². The minimum atomic E-state index is -3.04. The molecule has 0 saturated carbocycles. The van der Waals surface area contributed by atoms with Crippen LogP contribution in [-0.4, -0.2) is 31.8 Å². The molecule has 0 aliphatic rings. The number of hydrogen-bond acceptors (Lipinski definition) is 4. The molecular formula is C8H11BO4S. The van der Waals surface area contributed by atoms with Crippen LogP contribution in [0.2, 0.25) is 0 Å². The van der Waals surface area contributed by atoms with Gasteiger partial charge in [0.25, 0.3) is 0 Å². The summed E-state index contributed by atoms with van der Waals surface area (Å²) in [4.78, 5) is 0. The molecule has 0 fully saturated rings. The van der Waals surface area contributed by atoms with Gasteiger partial charge in [0.1, 0.15) is 0 Å². The first-order valence-corrected chi connectivity index (χ1v) is 6.07. The summed E-state index contributed by atoms with van der Waals surface area (Å²) in [7, 11) is -4.55. The van der Waals surface area contributed by atoms with Gasteiger partial charge < -0.3 is 10.0 Å². The summed E-state index contributed by atoms with van der Waals surface area (Å²) < 4.78 is 21.8. The van der Waals surface area contributed by atoms with Crippen molar-refractivity contribution in [3.8, 4) is 0 Å². The van der Waals surface area contributed by atoms with E-state index in [2.05, 4.69) is 0 Å². The van der Waals surface area contributed by atoms with Crippen molar-refractivity contribution >= 4 is 22.4 Å². The van der Waals surface area contributed by atoms with Gasteiger partial charge in [0.2, 0.25) is 0 Å². The molecule has 0 radical (unpaired) electrons. The first-order valence-electron chi connectivity index (χ1n) is 4.01. The molecule has 2 N–H and O–H groups in total. The molecule has 6 heteroatoms. The van der Waals surface area contributed by atoms with Crippen LogP contribution in [0.25, 0.3) is 0 Å². The summed E-state index contributed by atoms with van der Waals surface area (Å²) >= 11 is 0. The minimum Gasteiger partial charge on any atom is -0.423 e. The SMILES string of the molecule is CS(=O)(=O)Cc1ccc(B(O)O)cc1. The third-order valence-corrected chi connectivity index (χ3v) is 2.56. The van der Waals surface area contributed by atoms with Crippen LogP contribution in [-0.2, 0) is 15.6 Å². The summed E-state index contributed by atoms with van der Waals surface area (Å²) in [6.07, 6.45) is 1.15. The molecule has 0 unspecified atom stereocenters. The minimum absolute atomic E-state index is 0.0329. The van der Waals surface area contributed by atoms with E-state index in [0.29, 0.717) is 11.0 Å². The average Bonchev–Trinajstić information content (AvgIpc) is 2.02. The maximum Gasteiger partial charge on any atom is 0.488 e. The van der Waals surface area contributed by atoms with Gasteiger partial charge in [-0.3, -0.25) is 0 Å². The average molecular weight is 214 g/mol. The van der Waals surface area contributed by atoms with Gasteiger partial charge in [0, 0.05) is 6.26 Å².